The van der Waals surface area contributed by atoms with Gasteiger partial charge in [0.15, 0.2) is 11.6 Å². The van der Waals surface area contributed by atoms with Gasteiger partial charge in [-0.25, -0.2) is 0 Å². The fraction of sp³-hybridized carbons (Fsp3) is 0.556. The van der Waals surface area contributed by atoms with Crippen LogP contribution in [0.25, 0.3) is 0 Å². The molecule has 0 saturated carbocycles. The van der Waals surface area contributed by atoms with Crippen LogP contribution in [0.15, 0.2) is 4.52 Å². The van der Waals surface area contributed by atoms with Crippen molar-refractivity contribution >= 4 is 46.8 Å². The fourth-order valence-electron chi connectivity index (χ4n) is 1.28. The van der Waals surface area contributed by atoms with Crippen molar-refractivity contribution in [3.8, 4) is 0 Å². The number of carbonyl (C=O) groups excluding carboxylic acids is 1. The van der Waals surface area contributed by atoms with Crippen molar-refractivity contribution in [2.75, 3.05) is 22.6 Å². The minimum atomic E-state index is -0.0487. The second-order valence-electron chi connectivity index (χ2n) is 3.32. The van der Waals surface area contributed by atoms with Crippen molar-refractivity contribution in [2.45, 2.75) is 12.2 Å². The third-order valence-corrected chi connectivity index (χ3v) is 5.34. The lowest BCUT2D eigenvalue weighted by Crippen LogP contribution is -2.30. The van der Waals surface area contributed by atoms with Gasteiger partial charge in [0, 0.05) is 17.3 Å². The molecule has 2 rings (SSSR count). The van der Waals surface area contributed by atoms with Gasteiger partial charge in [0.1, 0.15) is 5.02 Å². The molecular weight excluding hydrogens is 268 g/mol. The maximum atomic E-state index is 11.8. The topological polar surface area (TPSA) is 55.1 Å². The average molecular weight is 279 g/mol. The first-order valence-electron chi connectivity index (χ1n) is 4.80. The van der Waals surface area contributed by atoms with Crippen LogP contribution in [-0.2, 0) is 4.79 Å². The van der Waals surface area contributed by atoms with Gasteiger partial charge in [-0.2, -0.15) is 11.8 Å². The van der Waals surface area contributed by atoms with Gasteiger partial charge < -0.3 is 9.84 Å². The van der Waals surface area contributed by atoms with Crippen molar-refractivity contribution in [2.24, 2.45) is 0 Å². The zero-order valence-electron chi connectivity index (χ0n) is 8.66. The molecule has 0 radical (unpaired) electrons. The number of rotatable bonds is 2. The number of aromatic nitrogens is 1. The molecule has 7 heteroatoms. The number of thioether (sulfide) groups is 2. The van der Waals surface area contributed by atoms with Crippen LogP contribution >= 0.6 is 35.1 Å². The standard InChI is InChI=1S/C9H11ClN2O2S2/c1-5-7(10)8(12-14-5)11-9(13)6-4-15-2-3-16-6/h6H,2-4H2,1H3,(H,11,12,13). The minimum absolute atomic E-state index is 0.0215. The number of carbonyl (C=O) groups is 1. The maximum Gasteiger partial charge on any atom is 0.239 e. The van der Waals surface area contributed by atoms with E-state index in [1.165, 1.54) is 0 Å². The first-order valence-corrected chi connectivity index (χ1v) is 7.38. The smallest absolute Gasteiger partial charge is 0.239 e. The largest absolute Gasteiger partial charge is 0.358 e. The van der Waals surface area contributed by atoms with Crippen LogP contribution in [0.4, 0.5) is 5.82 Å². The van der Waals surface area contributed by atoms with Crippen LogP contribution in [-0.4, -0.2) is 33.6 Å². The van der Waals surface area contributed by atoms with Gasteiger partial charge in [-0.1, -0.05) is 16.8 Å². The highest BCUT2D eigenvalue weighted by atomic mass is 35.5. The third-order valence-electron chi connectivity index (χ3n) is 2.14. The van der Waals surface area contributed by atoms with Crippen molar-refractivity contribution in [3.05, 3.63) is 10.8 Å². The summed E-state index contributed by atoms with van der Waals surface area (Å²) < 4.78 is 4.87. The van der Waals surface area contributed by atoms with Crippen molar-refractivity contribution in [3.63, 3.8) is 0 Å². The second-order valence-corrected chi connectivity index (χ2v) is 6.16. The van der Waals surface area contributed by atoms with Gasteiger partial charge in [0.25, 0.3) is 0 Å². The van der Waals surface area contributed by atoms with E-state index >= 15 is 0 Å². The van der Waals surface area contributed by atoms with E-state index in [9.17, 15) is 4.79 Å². The molecule has 4 nitrogen and oxygen atoms in total. The molecule has 88 valence electrons. The molecule has 16 heavy (non-hydrogen) atoms. The van der Waals surface area contributed by atoms with Crippen LogP contribution in [0.3, 0.4) is 0 Å². The number of aryl methyl sites for hydroxylation is 1. The SMILES string of the molecule is Cc1onc(NC(=O)C2CSCCS2)c1Cl. The predicted molar refractivity (Wildman–Crippen MR) is 68.5 cm³/mol. The molecule has 1 aromatic rings. The van der Waals surface area contributed by atoms with Crippen LogP contribution < -0.4 is 5.32 Å². The summed E-state index contributed by atoms with van der Waals surface area (Å²) in [5.74, 6) is 3.74. The Morgan fingerprint density at radius 2 is 2.44 bits per heavy atom. The summed E-state index contributed by atoms with van der Waals surface area (Å²) in [6, 6.07) is 0. The average Bonchev–Trinajstić information content (AvgIpc) is 2.62. The molecule has 1 saturated heterocycles. The summed E-state index contributed by atoms with van der Waals surface area (Å²) in [5.41, 5.74) is 0. The van der Waals surface area contributed by atoms with Crippen molar-refractivity contribution in [1.29, 1.82) is 0 Å². The predicted octanol–water partition coefficient (Wildman–Crippen LogP) is 2.42. The minimum Gasteiger partial charge on any atom is -0.358 e. The number of nitrogens with one attached hydrogen (secondary N) is 1. The van der Waals surface area contributed by atoms with Gasteiger partial charge in [0.05, 0.1) is 5.25 Å². The number of halogens is 1. The van der Waals surface area contributed by atoms with E-state index in [1.807, 2.05) is 0 Å². The summed E-state index contributed by atoms with van der Waals surface area (Å²) in [6.45, 7) is 1.70. The Morgan fingerprint density at radius 1 is 1.62 bits per heavy atom. The Bertz CT molecular complexity index is 391. The molecule has 0 aromatic carbocycles. The van der Waals surface area contributed by atoms with E-state index in [0.29, 0.717) is 16.6 Å². The maximum absolute atomic E-state index is 11.8. The highest BCUT2D eigenvalue weighted by Crippen LogP contribution is 2.28. The summed E-state index contributed by atoms with van der Waals surface area (Å²) in [4.78, 5) is 11.8. The summed E-state index contributed by atoms with van der Waals surface area (Å²) in [7, 11) is 0. The Hall–Kier alpha value is -0.330. The molecule has 1 atom stereocenters. The first kappa shape index (κ1) is 12.1. The number of hydrogen-bond donors (Lipinski definition) is 1. The lowest BCUT2D eigenvalue weighted by Gasteiger charge is -2.19. The highest BCUT2D eigenvalue weighted by Gasteiger charge is 2.24. The molecule has 1 aromatic heterocycles. The lowest BCUT2D eigenvalue weighted by atomic mass is 10.4. The third kappa shape index (κ3) is 2.67. The van der Waals surface area contributed by atoms with E-state index in [4.69, 9.17) is 16.1 Å². The molecule has 1 N–H and O–H groups in total. The molecular formula is C9H11ClN2O2S2. The fourth-order valence-corrected chi connectivity index (χ4v) is 3.95. The Labute approximate surface area is 107 Å². The molecule has 1 amide bonds. The van der Waals surface area contributed by atoms with Gasteiger partial charge in [-0.15, -0.1) is 11.8 Å². The Balaban J connectivity index is 1.98. The van der Waals surface area contributed by atoms with E-state index in [-0.39, 0.29) is 11.2 Å². The van der Waals surface area contributed by atoms with Crippen LogP contribution in [0.1, 0.15) is 5.76 Å². The van der Waals surface area contributed by atoms with Crippen LogP contribution in [0.2, 0.25) is 5.02 Å². The normalized spacial score (nSPS) is 20.8. The quantitative estimate of drug-likeness (QED) is 0.900. The monoisotopic (exact) mass is 278 g/mol. The molecule has 1 fully saturated rings. The van der Waals surface area contributed by atoms with E-state index in [0.717, 1.165) is 17.3 Å². The van der Waals surface area contributed by atoms with E-state index in [1.54, 1.807) is 30.4 Å². The molecule has 1 aliphatic heterocycles. The van der Waals surface area contributed by atoms with Crippen LogP contribution in [0, 0.1) is 6.92 Å². The van der Waals surface area contributed by atoms with Gasteiger partial charge >= 0.3 is 0 Å². The number of anilines is 1. The van der Waals surface area contributed by atoms with Crippen LogP contribution in [0.5, 0.6) is 0 Å². The van der Waals surface area contributed by atoms with Crippen molar-refractivity contribution in [1.82, 2.24) is 5.16 Å². The van der Waals surface area contributed by atoms with E-state index in [2.05, 4.69) is 10.5 Å². The molecule has 0 spiro atoms. The molecule has 0 aliphatic carbocycles. The zero-order valence-corrected chi connectivity index (χ0v) is 11.0. The molecule has 1 unspecified atom stereocenters. The molecule has 2 heterocycles. The number of nitrogens with zero attached hydrogens (tertiary/aromatic N) is 1. The van der Waals surface area contributed by atoms with Gasteiger partial charge in [-0.05, 0) is 6.92 Å². The summed E-state index contributed by atoms with van der Waals surface area (Å²) in [6.07, 6.45) is 0. The lowest BCUT2D eigenvalue weighted by molar-refractivity contribution is -0.115. The van der Waals surface area contributed by atoms with E-state index < -0.39 is 0 Å². The number of amides is 1. The molecule has 1 aliphatic rings. The first-order chi connectivity index (χ1) is 7.68. The number of hydrogen-bond acceptors (Lipinski definition) is 5. The van der Waals surface area contributed by atoms with Gasteiger partial charge in [0.2, 0.25) is 5.91 Å². The highest BCUT2D eigenvalue weighted by molar-refractivity contribution is 8.07. The summed E-state index contributed by atoms with van der Waals surface area (Å²) in [5, 5.41) is 6.74. The Kier molecular flexibility index (Phi) is 4.05. The Morgan fingerprint density at radius 3 is 3.00 bits per heavy atom. The summed E-state index contributed by atoms with van der Waals surface area (Å²) >= 11 is 9.37. The van der Waals surface area contributed by atoms with Gasteiger partial charge in [-0.3, -0.25) is 4.79 Å². The second kappa shape index (κ2) is 5.33. The molecule has 0 bridgehead atoms. The zero-order chi connectivity index (χ0) is 11.5. The van der Waals surface area contributed by atoms with Crippen molar-refractivity contribution < 1.29 is 9.32 Å².